The highest BCUT2D eigenvalue weighted by Gasteiger charge is 2.36. The van der Waals surface area contributed by atoms with Gasteiger partial charge in [0.25, 0.3) is 0 Å². The van der Waals surface area contributed by atoms with E-state index >= 15 is 0 Å². The van der Waals surface area contributed by atoms with Gasteiger partial charge in [-0.1, -0.05) is 6.07 Å². The molecule has 3 aliphatic heterocycles. The third kappa shape index (κ3) is 6.36. The number of nitriles is 1. The van der Waals surface area contributed by atoms with E-state index in [0.29, 0.717) is 44.8 Å². The molecule has 11 heteroatoms. The van der Waals surface area contributed by atoms with Gasteiger partial charge < -0.3 is 29.1 Å². The number of fused-ring (bicyclic) bond motifs is 2. The van der Waals surface area contributed by atoms with Gasteiger partial charge in [0.1, 0.15) is 18.0 Å². The van der Waals surface area contributed by atoms with Crippen molar-refractivity contribution >= 4 is 28.5 Å². The van der Waals surface area contributed by atoms with E-state index in [0.717, 1.165) is 66.0 Å². The standard InChI is InChI=1S/C33H42N8O3/c1-33(2,3)44-32(42)41-19-18-40(20-23(41)12-14-34)30-26-13-17-39(29-11-5-10-27-25(29)9-6-15-35-27)21-28(26)36-31(37-30)43-22-24-8-7-16-38(24)4/h5-6,9-11,15,23-24H,7-8,12-13,16-22H2,1-4H3/t23?,24-/m0/s1. The summed E-state index contributed by atoms with van der Waals surface area (Å²) < 4.78 is 12.0. The third-order valence-electron chi connectivity index (χ3n) is 8.80. The molecule has 44 heavy (non-hydrogen) atoms. The van der Waals surface area contributed by atoms with Gasteiger partial charge in [-0.25, -0.2) is 4.79 Å². The number of rotatable bonds is 6. The lowest BCUT2D eigenvalue weighted by Crippen LogP contribution is -2.56. The van der Waals surface area contributed by atoms with Gasteiger partial charge >= 0.3 is 12.1 Å². The lowest BCUT2D eigenvalue weighted by atomic mass is 10.0. The van der Waals surface area contributed by atoms with E-state index in [1.807, 2.05) is 39.1 Å². The minimum Gasteiger partial charge on any atom is -0.462 e. The minimum absolute atomic E-state index is 0.212. The summed E-state index contributed by atoms with van der Waals surface area (Å²) in [5.74, 6) is 0.843. The molecule has 2 saturated heterocycles. The summed E-state index contributed by atoms with van der Waals surface area (Å²) in [6.45, 7) is 10.1. The molecule has 5 heterocycles. The van der Waals surface area contributed by atoms with Crippen LogP contribution in [0.2, 0.25) is 0 Å². The fraction of sp³-hybridized carbons (Fsp3) is 0.545. The Morgan fingerprint density at radius 3 is 2.70 bits per heavy atom. The van der Waals surface area contributed by atoms with Crippen molar-refractivity contribution in [3.05, 3.63) is 47.8 Å². The number of anilines is 2. The van der Waals surface area contributed by atoms with Crippen molar-refractivity contribution in [3.8, 4) is 12.1 Å². The normalized spacial score (nSPS) is 20.8. The zero-order valence-corrected chi connectivity index (χ0v) is 26.2. The first-order valence-corrected chi connectivity index (χ1v) is 15.6. The van der Waals surface area contributed by atoms with Crippen LogP contribution in [0.15, 0.2) is 36.5 Å². The summed E-state index contributed by atoms with van der Waals surface area (Å²) in [5, 5.41) is 10.8. The Morgan fingerprint density at radius 2 is 1.93 bits per heavy atom. The van der Waals surface area contributed by atoms with E-state index in [-0.39, 0.29) is 18.6 Å². The number of likely N-dealkylation sites (N-methyl/N-ethyl adjacent to an activating group) is 1. The highest BCUT2D eigenvalue weighted by atomic mass is 16.6. The zero-order chi connectivity index (χ0) is 30.8. The first-order valence-electron chi connectivity index (χ1n) is 15.6. The van der Waals surface area contributed by atoms with Crippen molar-refractivity contribution in [2.45, 2.75) is 70.7 Å². The van der Waals surface area contributed by atoms with Crippen molar-refractivity contribution in [3.63, 3.8) is 0 Å². The fourth-order valence-electron chi connectivity index (χ4n) is 6.53. The van der Waals surface area contributed by atoms with E-state index in [1.54, 1.807) is 4.90 Å². The van der Waals surface area contributed by atoms with E-state index in [2.05, 4.69) is 51.0 Å². The summed E-state index contributed by atoms with van der Waals surface area (Å²) in [6, 6.07) is 13.0. The number of carbonyl (C=O) groups excluding carboxylic acids is 1. The Bertz CT molecular complexity index is 1550. The smallest absolute Gasteiger partial charge is 0.410 e. The van der Waals surface area contributed by atoms with Crippen LogP contribution in [-0.2, 0) is 17.7 Å². The molecule has 2 fully saturated rings. The monoisotopic (exact) mass is 598 g/mol. The molecule has 0 N–H and O–H groups in total. The van der Waals surface area contributed by atoms with E-state index in [4.69, 9.17) is 19.4 Å². The largest absolute Gasteiger partial charge is 0.462 e. The number of likely N-dealkylation sites (tertiary alicyclic amines) is 1. The minimum atomic E-state index is -0.608. The average molecular weight is 599 g/mol. The second-order valence-corrected chi connectivity index (χ2v) is 13.0. The highest BCUT2D eigenvalue weighted by molar-refractivity contribution is 5.91. The molecule has 11 nitrogen and oxygen atoms in total. The summed E-state index contributed by atoms with van der Waals surface area (Å²) in [7, 11) is 2.14. The maximum absolute atomic E-state index is 13.0. The van der Waals surface area contributed by atoms with Crippen molar-refractivity contribution in [2.75, 3.05) is 56.2 Å². The number of benzene rings is 1. The van der Waals surface area contributed by atoms with Crippen LogP contribution < -0.4 is 14.5 Å². The molecule has 1 unspecified atom stereocenters. The Hall–Kier alpha value is -4.17. The number of ether oxygens (including phenoxy) is 2. The van der Waals surface area contributed by atoms with Crippen LogP contribution in [-0.4, -0.2) is 94.9 Å². The van der Waals surface area contributed by atoms with Gasteiger partial charge in [-0.3, -0.25) is 4.98 Å². The number of amides is 1. The quantitative estimate of drug-likeness (QED) is 0.405. The molecular weight excluding hydrogens is 556 g/mol. The summed E-state index contributed by atoms with van der Waals surface area (Å²) >= 11 is 0. The number of pyridine rings is 1. The summed E-state index contributed by atoms with van der Waals surface area (Å²) in [6.07, 6.45) is 4.68. The molecule has 0 bridgehead atoms. The number of aromatic nitrogens is 3. The van der Waals surface area contributed by atoms with Gasteiger partial charge in [0.05, 0.1) is 36.3 Å². The lowest BCUT2D eigenvalue weighted by Gasteiger charge is -2.42. The predicted octanol–water partition coefficient (Wildman–Crippen LogP) is 4.40. The van der Waals surface area contributed by atoms with E-state index in [1.165, 1.54) is 0 Å². The number of nitrogens with zero attached hydrogens (tertiary/aromatic N) is 8. The van der Waals surface area contributed by atoms with Crippen molar-refractivity contribution in [1.82, 2.24) is 24.8 Å². The molecule has 3 aliphatic rings. The van der Waals surface area contributed by atoms with Gasteiger partial charge in [-0.15, -0.1) is 0 Å². The molecule has 2 atom stereocenters. The molecule has 0 radical (unpaired) electrons. The first kappa shape index (κ1) is 29.9. The van der Waals surface area contributed by atoms with Crippen molar-refractivity contribution in [2.24, 2.45) is 0 Å². The van der Waals surface area contributed by atoms with Crippen LogP contribution in [0.3, 0.4) is 0 Å². The molecule has 3 aromatic rings. The fourth-order valence-corrected chi connectivity index (χ4v) is 6.53. The molecule has 1 aromatic carbocycles. The van der Waals surface area contributed by atoms with Crippen molar-refractivity contribution in [1.29, 1.82) is 5.26 Å². The second-order valence-electron chi connectivity index (χ2n) is 13.0. The summed E-state index contributed by atoms with van der Waals surface area (Å²) in [5.41, 5.74) is 3.55. The topological polar surface area (TPSA) is 111 Å². The van der Waals surface area contributed by atoms with Gasteiger partial charge in [-0.05, 0) is 77.9 Å². The molecule has 2 aromatic heterocycles. The number of carbonyl (C=O) groups is 1. The Balaban J connectivity index is 1.30. The highest BCUT2D eigenvalue weighted by Crippen LogP contribution is 2.35. The van der Waals surface area contributed by atoms with E-state index < -0.39 is 5.60 Å². The van der Waals surface area contributed by atoms with Crippen LogP contribution >= 0.6 is 0 Å². The Morgan fingerprint density at radius 1 is 1.07 bits per heavy atom. The van der Waals surface area contributed by atoms with Gasteiger partial charge in [0, 0.05) is 55.1 Å². The van der Waals surface area contributed by atoms with Gasteiger partial charge in [0.15, 0.2) is 0 Å². The number of piperazine rings is 1. The zero-order valence-electron chi connectivity index (χ0n) is 26.2. The Kier molecular flexibility index (Phi) is 8.45. The number of hydrogen-bond donors (Lipinski definition) is 0. The molecule has 6 rings (SSSR count). The Labute approximate surface area is 259 Å². The van der Waals surface area contributed by atoms with Crippen LogP contribution in [0.5, 0.6) is 6.01 Å². The summed E-state index contributed by atoms with van der Waals surface area (Å²) in [4.78, 5) is 36.2. The predicted molar refractivity (Wildman–Crippen MR) is 169 cm³/mol. The lowest BCUT2D eigenvalue weighted by molar-refractivity contribution is 0.0144. The molecule has 0 aliphatic carbocycles. The maximum atomic E-state index is 13.0. The molecular formula is C33H42N8O3. The SMILES string of the molecule is CN1CCC[C@H]1COc1nc2c(c(N3CCN(C(=O)OC(C)(C)C)C(CC#N)C3)n1)CCN(c1cccc3ncccc13)C2. The first-order chi connectivity index (χ1) is 21.2. The van der Waals surface area contributed by atoms with Gasteiger partial charge in [-0.2, -0.15) is 15.2 Å². The van der Waals surface area contributed by atoms with E-state index in [9.17, 15) is 10.1 Å². The maximum Gasteiger partial charge on any atom is 0.410 e. The van der Waals surface area contributed by atoms with Crippen LogP contribution in [0.1, 0.15) is 51.3 Å². The van der Waals surface area contributed by atoms with Gasteiger partial charge in [0.2, 0.25) is 0 Å². The number of hydrogen-bond acceptors (Lipinski definition) is 10. The third-order valence-corrected chi connectivity index (χ3v) is 8.80. The molecule has 0 spiro atoms. The van der Waals surface area contributed by atoms with Crippen LogP contribution in [0.4, 0.5) is 16.3 Å². The van der Waals surface area contributed by atoms with Crippen molar-refractivity contribution < 1.29 is 14.3 Å². The second kappa shape index (κ2) is 12.4. The van der Waals surface area contributed by atoms with Crippen LogP contribution in [0.25, 0.3) is 10.9 Å². The molecule has 1 amide bonds. The molecule has 0 saturated carbocycles. The molecule has 232 valence electrons. The van der Waals surface area contributed by atoms with Crippen LogP contribution in [0, 0.1) is 11.3 Å². The average Bonchev–Trinajstić information content (AvgIpc) is 3.42.